The third kappa shape index (κ3) is 4.97. The number of hydrogen-bond donors (Lipinski definition) is 1. The number of nitrogens with one attached hydrogen (secondary N) is 1. The van der Waals surface area contributed by atoms with Gasteiger partial charge < -0.3 is 4.74 Å². The highest BCUT2D eigenvalue weighted by molar-refractivity contribution is 9.10. The zero-order valence-electron chi connectivity index (χ0n) is 11.0. The molecule has 0 spiro atoms. The van der Waals surface area contributed by atoms with E-state index in [0.717, 1.165) is 0 Å². The fraction of sp³-hybridized carbons (Fsp3) is 0.385. The lowest BCUT2D eigenvalue weighted by Crippen LogP contribution is -2.25. The van der Waals surface area contributed by atoms with Crippen molar-refractivity contribution in [2.45, 2.75) is 25.2 Å². The van der Waals surface area contributed by atoms with Crippen LogP contribution in [0.5, 0.6) is 5.75 Å². The SMILES string of the molecule is C/C=C/CCNS(=O)(=O)c1cc(Br)ccc1OCC. The highest BCUT2D eigenvalue weighted by atomic mass is 79.9. The summed E-state index contributed by atoms with van der Waals surface area (Å²) in [5, 5.41) is 0. The van der Waals surface area contributed by atoms with E-state index in [2.05, 4.69) is 20.7 Å². The Balaban J connectivity index is 2.95. The van der Waals surface area contributed by atoms with Crippen LogP contribution in [0.4, 0.5) is 0 Å². The maximum Gasteiger partial charge on any atom is 0.244 e. The predicted molar refractivity (Wildman–Crippen MR) is 79.9 cm³/mol. The van der Waals surface area contributed by atoms with Gasteiger partial charge in [0.2, 0.25) is 10.0 Å². The number of halogens is 1. The molecule has 19 heavy (non-hydrogen) atoms. The van der Waals surface area contributed by atoms with E-state index in [4.69, 9.17) is 4.74 Å². The monoisotopic (exact) mass is 347 g/mol. The topological polar surface area (TPSA) is 55.4 Å². The van der Waals surface area contributed by atoms with Gasteiger partial charge in [-0.15, -0.1) is 0 Å². The van der Waals surface area contributed by atoms with E-state index < -0.39 is 10.0 Å². The molecule has 1 aromatic carbocycles. The van der Waals surface area contributed by atoms with E-state index >= 15 is 0 Å². The standard InChI is InChI=1S/C13H18BrNO3S/c1-3-5-6-9-15-19(16,17)13-10-11(14)7-8-12(13)18-4-2/h3,5,7-8,10,15H,4,6,9H2,1-2H3/b5-3+. The molecule has 6 heteroatoms. The van der Waals surface area contributed by atoms with E-state index in [1.165, 1.54) is 0 Å². The molecule has 1 N–H and O–H groups in total. The first-order valence-corrected chi connectivity index (χ1v) is 8.32. The molecule has 0 fully saturated rings. The fourth-order valence-corrected chi connectivity index (χ4v) is 3.22. The van der Waals surface area contributed by atoms with E-state index in [1.54, 1.807) is 18.2 Å². The van der Waals surface area contributed by atoms with Gasteiger partial charge in [-0.05, 0) is 38.5 Å². The van der Waals surface area contributed by atoms with Crippen molar-refractivity contribution in [1.29, 1.82) is 0 Å². The van der Waals surface area contributed by atoms with Crippen molar-refractivity contribution in [3.8, 4) is 5.75 Å². The maximum absolute atomic E-state index is 12.2. The molecular weight excluding hydrogens is 330 g/mol. The molecule has 0 unspecified atom stereocenters. The zero-order chi connectivity index (χ0) is 14.3. The Bertz CT molecular complexity index is 541. The van der Waals surface area contributed by atoms with Gasteiger partial charge in [-0.25, -0.2) is 13.1 Å². The van der Waals surface area contributed by atoms with Gasteiger partial charge in [0.15, 0.2) is 0 Å². The molecule has 0 aliphatic carbocycles. The zero-order valence-corrected chi connectivity index (χ0v) is 13.4. The lowest BCUT2D eigenvalue weighted by atomic mass is 10.3. The van der Waals surface area contributed by atoms with Crippen molar-refractivity contribution >= 4 is 26.0 Å². The lowest BCUT2D eigenvalue weighted by Gasteiger charge is -2.11. The smallest absolute Gasteiger partial charge is 0.244 e. The van der Waals surface area contributed by atoms with E-state index in [-0.39, 0.29) is 4.90 Å². The highest BCUT2D eigenvalue weighted by Crippen LogP contribution is 2.27. The molecule has 106 valence electrons. The summed E-state index contributed by atoms with van der Waals surface area (Å²) in [6.45, 7) is 4.50. The number of allylic oxidation sites excluding steroid dienone is 1. The average Bonchev–Trinajstić information content (AvgIpc) is 2.37. The predicted octanol–water partition coefficient (Wildman–Crippen LogP) is 3.09. The Morgan fingerprint density at radius 3 is 2.79 bits per heavy atom. The molecule has 0 radical (unpaired) electrons. The number of rotatable bonds is 7. The molecular formula is C13H18BrNO3S. The fourth-order valence-electron chi connectivity index (χ4n) is 1.49. The highest BCUT2D eigenvalue weighted by Gasteiger charge is 2.19. The first-order valence-electron chi connectivity index (χ1n) is 6.04. The van der Waals surface area contributed by atoms with E-state index in [0.29, 0.717) is 29.8 Å². The molecule has 0 bridgehead atoms. The average molecular weight is 348 g/mol. The Kier molecular flexibility index (Phi) is 6.54. The van der Waals surface area contributed by atoms with Crippen LogP contribution in [0.2, 0.25) is 0 Å². The maximum atomic E-state index is 12.2. The Morgan fingerprint density at radius 2 is 2.16 bits per heavy atom. The Labute approximate surface area is 123 Å². The minimum atomic E-state index is -3.55. The van der Waals surface area contributed by atoms with Crippen LogP contribution in [-0.2, 0) is 10.0 Å². The third-order valence-electron chi connectivity index (χ3n) is 2.33. The van der Waals surface area contributed by atoms with Gasteiger partial charge >= 0.3 is 0 Å². The Morgan fingerprint density at radius 1 is 1.42 bits per heavy atom. The number of sulfonamides is 1. The van der Waals surface area contributed by atoms with Crippen molar-refractivity contribution in [1.82, 2.24) is 4.72 Å². The minimum Gasteiger partial charge on any atom is -0.492 e. The summed E-state index contributed by atoms with van der Waals surface area (Å²) in [4.78, 5) is 0.157. The molecule has 4 nitrogen and oxygen atoms in total. The van der Waals surface area contributed by atoms with Crippen molar-refractivity contribution in [3.05, 3.63) is 34.8 Å². The minimum absolute atomic E-state index is 0.157. The van der Waals surface area contributed by atoms with Gasteiger partial charge in [-0.1, -0.05) is 28.1 Å². The summed E-state index contributed by atoms with van der Waals surface area (Å²) >= 11 is 3.27. The molecule has 0 aliphatic rings. The second-order valence-electron chi connectivity index (χ2n) is 3.78. The van der Waals surface area contributed by atoms with Crippen molar-refractivity contribution in [3.63, 3.8) is 0 Å². The summed E-state index contributed by atoms with van der Waals surface area (Å²) < 4.78 is 33.0. The number of benzene rings is 1. The number of hydrogen-bond acceptors (Lipinski definition) is 3. The quantitative estimate of drug-likeness (QED) is 0.609. The largest absolute Gasteiger partial charge is 0.492 e. The van der Waals surface area contributed by atoms with E-state index in [9.17, 15) is 8.42 Å². The van der Waals surface area contributed by atoms with Gasteiger partial charge in [0, 0.05) is 11.0 Å². The molecule has 0 heterocycles. The normalized spacial score (nSPS) is 11.9. The van der Waals surface area contributed by atoms with Crippen LogP contribution in [0.3, 0.4) is 0 Å². The molecule has 1 aromatic rings. The van der Waals surface area contributed by atoms with Crippen LogP contribution in [0, 0.1) is 0 Å². The second kappa shape index (κ2) is 7.67. The number of ether oxygens (including phenoxy) is 1. The lowest BCUT2D eigenvalue weighted by molar-refractivity contribution is 0.331. The van der Waals surface area contributed by atoms with Crippen LogP contribution < -0.4 is 9.46 Å². The van der Waals surface area contributed by atoms with Crippen LogP contribution in [0.15, 0.2) is 39.7 Å². The first kappa shape index (κ1) is 16.2. The van der Waals surface area contributed by atoms with Crippen molar-refractivity contribution in [2.75, 3.05) is 13.2 Å². The van der Waals surface area contributed by atoms with Gasteiger partial charge in [0.05, 0.1) is 6.61 Å². The van der Waals surface area contributed by atoms with E-state index in [1.807, 2.05) is 26.0 Å². The third-order valence-corrected chi connectivity index (χ3v) is 4.31. The van der Waals surface area contributed by atoms with Crippen LogP contribution in [0.25, 0.3) is 0 Å². The Hall–Kier alpha value is -0.850. The van der Waals surface area contributed by atoms with Crippen LogP contribution in [-0.4, -0.2) is 21.6 Å². The molecule has 0 atom stereocenters. The van der Waals surface area contributed by atoms with Gasteiger partial charge in [0.1, 0.15) is 10.6 Å². The summed E-state index contributed by atoms with van der Waals surface area (Å²) in [5.74, 6) is 0.365. The molecule has 1 rings (SSSR count). The van der Waals surface area contributed by atoms with Gasteiger partial charge in [-0.3, -0.25) is 0 Å². The van der Waals surface area contributed by atoms with Crippen LogP contribution in [0.1, 0.15) is 20.3 Å². The second-order valence-corrected chi connectivity index (χ2v) is 6.43. The van der Waals surface area contributed by atoms with Gasteiger partial charge in [-0.2, -0.15) is 0 Å². The summed E-state index contributed by atoms with van der Waals surface area (Å²) in [6, 6.07) is 4.95. The van der Waals surface area contributed by atoms with Crippen molar-refractivity contribution < 1.29 is 13.2 Å². The molecule has 0 amide bonds. The van der Waals surface area contributed by atoms with Crippen molar-refractivity contribution in [2.24, 2.45) is 0 Å². The summed E-state index contributed by atoms with van der Waals surface area (Å²) in [6.07, 6.45) is 4.46. The summed E-state index contributed by atoms with van der Waals surface area (Å²) in [7, 11) is -3.55. The summed E-state index contributed by atoms with van der Waals surface area (Å²) in [5.41, 5.74) is 0. The first-order chi connectivity index (χ1) is 9.01. The molecule has 0 aliphatic heterocycles. The molecule has 0 saturated heterocycles. The molecule has 0 aromatic heterocycles. The van der Waals surface area contributed by atoms with Gasteiger partial charge in [0.25, 0.3) is 0 Å². The van der Waals surface area contributed by atoms with Crippen LogP contribution >= 0.6 is 15.9 Å². The molecule has 0 saturated carbocycles.